The maximum Gasteiger partial charge on any atom is 0.186 e. The summed E-state index contributed by atoms with van der Waals surface area (Å²) in [7, 11) is 0. The number of hydrogen-bond donors (Lipinski definition) is 3. The van der Waals surface area contributed by atoms with Gasteiger partial charge in [-0.2, -0.15) is 0 Å². The van der Waals surface area contributed by atoms with Crippen LogP contribution in [-0.2, 0) is 9.47 Å². The number of aliphatic hydroxyl groups excluding tert-OH is 3. The fourth-order valence-corrected chi connectivity index (χ4v) is 9.90. The Morgan fingerprint density at radius 3 is 2.52 bits per heavy atom. The molecule has 0 aromatic heterocycles. The molecule has 0 bridgehead atoms. The molecule has 3 N–H and O–H groups in total. The second kappa shape index (κ2) is 7.06. The van der Waals surface area contributed by atoms with Crippen molar-refractivity contribution in [3.8, 4) is 0 Å². The van der Waals surface area contributed by atoms with E-state index in [2.05, 4.69) is 33.8 Å². The van der Waals surface area contributed by atoms with Crippen molar-refractivity contribution < 1.29 is 24.8 Å². The minimum absolute atomic E-state index is 0.0379. The lowest BCUT2D eigenvalue weighted by atomic mass is 9.46. The second-order valence-corrected chi connectivity index (χ2v) is 13.5. The molecule has 186 valence electrons. The molecule has 4 aliphatic carbocycles. The molecule has 5 heteroatoms. The first-order valence-corrected chi connectivity index (χ1v) is 13.5. The summed E-state index contributed by atoms with van der Waals surface area (Å²) in [5.41, 5.74) is 0.612. The predicted molar refractivity (Wildman–Crippen MR) is 125 cm³/mol. The molecule has 6 rings (SSSR count). The van der Waals surface area contributed by atoms with Gasteiger partial charge in [-0.25, -0.2) is 0 Å². The van der Waals surface area contributed by atoms with Gasteiger partial charge >= 0.3 is 0 Å². The van der Waals surface area contributed by atoms with E-state index in [9.17, 15) is 15.3 Å². The minimum atomic E-state index is -0.838. The number of aliphatic hydroxyl groups is 3. The highest BCUT2D eigenvalue weighted by Gasteiger charge is 2.72. The molecule has 13 atom stereocenters. The maximum atomic E-state index is 11.1. The van der Waals surface area contributed by atoms with Crippen LogP contribution in [0.5, 0.6) is 0 Å². The zero-order chi connectivity index (χ0) is 23.6. The molecular weight excluding hydrogens is 416 g/mol. The van der Waals surface area contributed by atoms with E-state index in [0.717, 1.165) is 25.7 Å². The number of fused-ring (bicyclic) bond motifs is 6. The quantitative estimate of drug-likeness (QED) is 0.425. The van der Waals surface area contributed by atoms with Crippen molar-refractivity contribution in [3.05, 3.63) is 11.6 Å². The Kier molecular flexibility index (Phi) is 4.92. The number of ether oxygens (including phenoxy) is 2. The molecule has 3 saturated carbocycles. The van der Waals surface area contributed by atoms with E-state index in [-0.39, 0.29) is 22.5 Å². The third kappa shape index (κ3) is 2.89. The summed E-state index contributed by atoms with van der Waals surface area (Å²) in [6, 6.07) is 0. The van der Waals surface area contributed by atoms with E-state index in [1.54, 1.807) is 0 Å². The van der Waals surface area contributed by atoms with Crippen molar-refractivity contribution >= 4 is 0 Å². The summed E-state index contributed by atoms with van der Waals surface area (Å²) in [5, 5.41) is 32.1. The summed E-state index contributed by atoms with van der Waals surface area (Å²) >= 11 is 0. The molecule has 0 radical (unpaired) electrons. The van der Waals surface area contributed by atoms with Crippen LogP contribution in [0.15, 0.2) is 11.6 Å². The molecule has 2 aliphatic heterocycles. The normalized spacial score (nSPS) is 60.7. The van der Waals surface area contributed by atoms with Crippen LogP contribution < -0.4 is 0 Å². The highest BCUT2D eigenvalue weighted by atomic mass is 16.7. The lowest BCUT2D eigenvalue weighted by Gasteiger charge is -2.59. The molecule has 2 saturated heterocycles. The van der Waals surface area contributed by atoms with E-state index in [4.69, 9.17) is 9.47 Å². The topological polar surface area (TPSA) is 82.5 Å². The van der Waals surface area contributed by atoms with Gasteiger partial charge in [-0.1, -0.05) is 32.4 Å². The number of allylic oxidation sites excluding steroid dienone is 1. The SMILES string of the molecule is C[C@@H]([C@H]1CC[C@H]2[C@@H]3CC=C4C[C@@H](O)C[C@H](O)[C@]4(C)[C@H]3CC[C@]12C)[C@H]1C[C@]2(C)O[C@]2(C)[C@H](O)O1. The zero-order valence-electron chi connectivity index (χ0n) is 21.1. The largest absolute Gasteiger partial charge is 0.393 e. The van der Waals surface area contributed by atoms with Crippen LogP contribution in [0.2, 0.25) is 0 Å². The van der Waals surface area contributed by atoms with Crippen LogP contribution in [0.3, 0.4) is 0 Å². The van der Waals surface area contributed by atoms with Gasteiger partial charge in [0.1, 0.15) is 11.2 Å². The smallest absolute Gasteiger partial charge is 0.186 e. The van der Waals surface area contributed by atoms with Crippen LogP contribution in [-0.4, -0.2) is 51.1 Å². The van der Waals surface area contributed by atoms with Gasteiger partial charge < -0.3 is 24.8 Å². The molecular formula is C28H44O5. The van der Waals surface area contributed by atoms with Gasteiger partial charge in [0.25, 0.3) is 0 Å². The first-order valence-electron chi connectivity index (χ1n) is 13.5. The molecule has 2 heterocycles. The van der Waals surface area contributed by atoms with Gasteiger partial charge in [0, 0.05) is 18.3 Å². The van der Waals surface area contributed by atoms with E-state index in [1.807, 2.05) is 6.92 Å². The second-order valence-electron chi connectivity index (χ2n) is 13.5. The number of hydrogen-bond acceptors (Lipinski definition) is 5. The van der Waals surface area contributed by atoms with Crippen LogP contribution in [0.4, 0.5) is 0 Å². The van der Waals surface area contributed by atoms with Crippen molar-refractivity contribution in [2.24, 2.45) is 40.4 Å². The Hall–Kier alpha value is -0.460. The Morgan fingerprint density at radius 2 is 1.79 bits per heavy atom. The molecule has 5 fully saturated rings. The fraction of sp³-hybridized carbons (Fsp3) is 0.929. The minimum Gasteiger partial charge on any atom is -0.393 e. The molecule has 33 heavy (non-hydrogen) atoms. The predicted octanol–water partition coefficient (Wildman–Crippen LogP) is 4.19. The van der Waals surface area contributed by atoms with Crippen molar-refractivity contribution in [2.45, 2.75) is 122 Å². The van der Waals surface area contributed by atoms with E-state index < -0.39 is 24.1 Å². The maximum absolute atomic E-state index is 11.1. The summed E-state index contributed by atoms with van der Waals surface area (Å²) in [6.07, 6.45) is 8.81. The van der Waals surface area contributed by atoms with Crippen LogP contribution in [0.1, 0.15) is 86.0 Å². The van der Waals surface area contributed by atoms with Crippen LogP contribution in [0.25, 0.3) is 0 Å². The third-order valence-electron chi connectivity index (χ3n) is 12.3. The molecule has 6 aliphatic rings. The van der Waals surface area contributed by atoms with E-state index >= 15 is 0 Å². The van der Waals surface area contributed by atoms with Gasteiger partial charge in [0.15, 0.2) is 6.29 Å². The average molecular weight is 461 g/mol. The Bertz CT molecular complexity index is 857. The van der Waals surface area contributed by atoms with Crippen molar-refractivity contribution in [1.29, 1.82) is 0 Å². The molecule has 5 nitrogen and oxygen atoms in total. The van der Waals surface area contributed by atoms with Gasteiger partial charge in [0.2, 0.25) is 0 Å². The van der Waals surface area contributed by atoms with Gasteiger partial charge in [-0.05, 0) is 87.4 Å². The highest BCUT2D eigenvalue weighted by molar-refractivity contribution is 5.28. The molecule has 0 aromatic rings. The summed E-state index contributed by atoms with van der Waals surface area (Å²) in [5.74, 6) is 2.77. The summed E-state index contributed by atoms with van der Waals surface area (Å²) in [4.78, 5) is 0. The van der Waals surface area contributed by atoms with E-state index in [0.29, 0.717) is 36.0 Å². The molecule has 0 spiro atoms. The fourth-order valence-electron chi connectivity index (χ4n) is 9.90. The Balaban J connectivity index is 1.24. The van der Waals surface area contributed by atoms with Crippen molar-refractivity contribution in [1.82, 2.24) is 0 Å². The van der Waals surface area contributed by atoms with Crippen molar-refractivity contribution in [2.75, 3.05) is 0 Å². The van der Waals surface area contributed by atoms with Crippen LogP contribution >= 0.6 is 0 Å². The lowest BCUT2D eigenvalue weighted by molar-refractivity contribution is -0.203. The zero-order valence-corrected chi connectivity index (χ0v) is 21.1. The highest BCUT2D eigenvalue weighted by Crippen LogP contribution is 2.68. The van der Waals surface area contributed by atoms with Crippen LogP contribution in [0, 0.1) is 40.4 Å². The summed E-state index contributed by atoms with van der Waals surface area (Å²) < 4.78 is 12.2. The Morgan fingerprint density at radius 1 is 1.03 bits per heavy atom. The molecule has 0 aromatic carbocycles. The Labute approximate surface area is 198 Å². The monoisotopic (exact) mass is 460 g/mol. The number of rotatable bonds is 2. The summed E-state index contributed by atoms with van der Waals surface area (Å²) in [6.45, 7) is 11.3. The average Bonchev–Trinajstić information content (AvgIpc) is 3.15. The molecule has 0 unspecified atom stereocenters. The first-order chi connectivity index (χ1) is 15.4. The first kappa shape index (κ1) is 23.0. The standard InChI is InChI=1S/C28H44O5/c1-15(22-14-26(3)28(5,33-26)24(31)32-22)19-8-9-20-18-7-6-16-12-17(29)13-23(30)27(16,4)21(18)10-11-25(19,20)2/h6,15,17-24,29-31H,7-14H2,1-5H3/t15-,17+,18-,19+,20-,21-,22+,23-,24+,25+,26-,27-,28+/m0/s1. The van der Waals surface area contributed by atoms with Gasteiger partial charge in [-0.3, -0.25) is 0 Å². The molecule has 0 amide bonds. The van der Waals surface area contributed by atoms with Crippen molar-refractivity contribution in [3.63, 3.8) is 0 Å². The van der Waals surface area contributed by atoms with Gasteiger partial charge in [-0.15, -0.1) is 0 Å². The number of epoxide rings is 1. The van der Waals surface area contributed by atoms with Gasteiger partial charge in [0.05, 0.1) is 18.3 Å². The van der Waals surface area contributed by atoms with E-state index in [1.165, 1.54) is 24.8 Å². The lowest BCUT2D eigenvalue weighted by Crippen LogP contribution is -2.56. The third-order valence-corrected chi connectivity index (χ3v) is 12.3.